The standard InChI is InChI=1S/C26H31NO2/c1-17-14-19-15-20(28)5-6-21(19)22-8-10-25(2)23(24(17)22)9-12-26(25,29)11-7-18-4-3-13-27-16-18/h3-4,13,15-17,21-24,29H,5-6,8-10,12,14H2,1-2H3/t17-,21-,22-,23+,24+,25-,26+/m0/s1. The summed E-state index contributed by atoms with van der Waals surface area (Å²) in [5.41, 5.74) is 1.22. The average Bonchev–Trinajstić information content (AvgIpc) is 2.98. The number of aliphatic hydroxyl groups is 1. The van der Waals surface area contributed by atoms with E-state index < -0.39 is 5.60 Å². The Balaban J connectivity index is 1.46. The molecule has 0 spiro atoms. The number of carbonyl (C=O) groups is 1. The van der Waals surface area contributed by atoms with Crippen molar-refractivity contribution in [2.45, 2.75) is 64.4 Å². The first kappa shape index (κ1) is 19.1. The van der Waals surface area contributed by atoms with Crippen LogP contribution in [0, 0.1) is 46.8 Å². The summed E-state index contributed by atoms with van der Waals surface area (Å²) in [5, 5.41) is 11.7. The van der Waals surface area contributed by atoms with E-state index in [1.165, 1.54) is 5.57 Å². The Bertz CT molecular complexity index is 910. The van der Waals surface area contributed by atoms with Crippen molar-refractivity contribution >= 4 is 5.78 Å². The number of carbonyl (C=O) groups excluding carboxylic acids is 1. The summed E-state index contributed by atoms with van der Waals surface area (Å²) in [6, 6.07) is 3.85. The van der Waals surface area contributed by atoms with Gasteiger partial charge in [-0.15, -0.1) is 0 Å². The molecule has 7 atom stereocenters. The summed E-state index contributed by atoms with van der Waals surface area (Å²) in [4.78, 5) is 16.1. The van der Waals surface area contributed by atoms with Crippen LogP contribution in [0.3, 0.4) is 0 Å². The van der Waals surface area contributed by atoms with Gasteiger partial charge in [0.2, 0.25) is 0 Å². The monoisotopic (exact) mass is 389 g/mol. The lowest BCUT2D eigenvalue weighted by Gasteiger charge is -2.56. The van der Waals surface area contributed by atoms with Crippen molar-refractivity contribution in [2.24, 2.45) is 35.0 Å². The number of rotatable bonds is 0. The molecular formula is C26H31NO2. The maximum atomic E-state index is 12.0. The molecule has 3 saturated carbocycles. The molecule has 0 radical (unpaired) electrons. The molecule has 152 valence electrons. The highest BCUT2D eigenvalue weighted by Gasteiger charge is 2.63. The predicted molar refractivity (Wildman–Crippen MR) is 113 cm³/mol. The van der Waals surface area contributed by atoms with Gasteiger partial charge >= 0.3 is 0 Å². The Morgan fingerprint density at radius 1 is 1.24 bits per heavy atom. The Morgan fingerprint density at radius 2 is 2.10 bits per heavy atom. The zero-order valence-corrected chi connectivity index (χ0v) is 17.5. The van der Waals surface area contributed by atoms with Gasteiger partial charge in [-0.05, 0) is 86.3 Å². The molecule has 1 aromatic rings. The van der Waals surface area contributed by atoms with E-state index in [2.05, 4.69) is 30.7 Å². The largest absolute Gasteiger partial charge is 0.377 e. The number of hydrogen-bond acceptors (Lipinski definition) is 3. The van der Waals surface area contributed by atoms with Gasteiger partial charge in [0.25, 0.3) is 0 Å². The van der Waals surface area contributed by atoms with Crippen molar-refractivity contribution in [3.8, 4) is 11.8 Å². The minimum Gasteiger partial charge on any atom is -0.377 e. The minimum absolute atomic E-state index is 0.149. The zero-order valence-electron chi connectivity index (χ0n) is 17.5. The number of fused-ring (bicyclic) bond motifs is 5. The third-order valence-corrected chi connectivity index (χ3v) is 8.87. The third kappa shape index (κ3) is 2.91. The first-order chi connectivity index (χ1) is 13.9. The zero-order chi connectivity index (χ0) is 20.2. The first-order valence-electron chi connectivity index (χ1n) is 11.3. The molecule has 3 heteroatoms. The van der Waals surface area contributed by atoms with Crippen LogP contribution < -0.4 is 0 Å². The van der Waals surface area contributed by atoms with Gasteiger partial charge < -0.3 is 5.11 Å². The van der Waals surface area contributed by atoms with Crippen molar-refractivity contribution in [3.05, 3.63) is 41.7 Å². The Kier molecular flexibility index (Phi) is 4.48. The van der Waals surface area contributed by atoms with Gasteiger partial charge in [-0.25, -0.2) is 0 Å². The van der Waals surface area contributed by atoms with E-state index in [0.717, 1.165) is 44.1 Å². The molecule has 1 aromatic heterocycles. The summed E-state index contributed by atoms with van der Waals surface area (Å²) in [5.74, 6) is 9.82. The molecule has 1 N–H and O–H groups in total. The number of hydrogen-bond donors (Lipinski definition) is 1. The quantitative estimate of drug-likeness (QED) is 0.662. The van der Waals surface area contributed by atoms with E-state index >= 15 is 0 Å². The van der Waals surface area contributed by atoms with Crippen LogP contribution in [0.1, 0.15) is 64.4 Å². The van der Waals surface area contributed by atoms with Crippen LogP contribution in [-0.4, -0.2) is 21.5 Å². The van der Waals surface area contributed by atoms with Crippen LogP contribution >= 0.6 is 0 Å². The normalized spacial score (nSPS) is 43.3. The Labute approximate surface area is 174 Å². The van der Waals surface area contributed by atoms with E-state index in [-0.39, 0.29) is 5.41 Å². The third-order valence-electron chi connectivity index (χ3n) is 8.87. The van der Waals surface area contributed by atoms with E-state index in [9.17, 15) is 9.90 Å². The van der Waals surface area contributed by atoms with Gasteiger partial charge in [-0.2, -0.15) is 0 Å². The number of allylic oxidation sites excluding steroid dienone is 1. The summed E-state index contributed by atoms with van der Waals surface area (Å²) in [6.07, 6.45) is 12.3. The lowest BCUT2D eigenvalue weighted by Crippen LogP contribution is -2.54. The Morgan fingerprint density at radius 3 is 2.90 bits per heavy atom. The lowest BCUT2D eigenvalue weighted by molar-refractivity contribution is -0.117. The first-order valence-corrected chi connectivity index (χ1v) is 11.3. The number of ketones is 1. The summed E-state index contributed by atoms with van der Waals surface area (Å²) in [7, 11) is 0. The fraction of sp³-hybridized carbons (Fsp3) is 0.615. The molecule has 1 heterocycles. The van der Waals surface area contributed by atoms with Gasteiger partial charge in [-0.3, -0.25) is 9.78 Å². The fourth-order valence-electron chi connectivity index (χ4n) is 7.42. The van der Waals surface area contributed by atoms with Crippen LogP contribution in [0.2, 0.25) is 0 Å². The molecule has 0 aliphatic heterocycles. The SMILES string of the molecule is C[C@H]1CC2=CC(=O)CC[C@@H]2[C@@H]2CC[C@@]3(C)[C@H](CC[C@]3(O)C#Cc3cccnc3)[C@@H]21. The molecule has 4 aliphatic carbocycles. The van der Waals surface area contributed by atoms with Crippen LogP contribution in [0.4, 0.5) is 0 Å². The molecule has 0 bridgehead atoms. The molecule has 3 nitrogen and oxygen atoms in total. The second-order valence-electron chi connectivity index (χ2n) is 10.2. The van der Waals surface area contributed by atoms with Gasteiger partial charge in [0.1, 0.15) is 5.60 Å². The van der Waals surface area contributed by atoms with Gasteiger partial charge in [0.05, 0.1) is 0 Å². The second kappa shape index (κ2) is 6.81. The fourth-order valence-corrected chi connectivity index (χ4v) is 7.42. The molecule has 0 unspecified atom stereocenters. The molecule has 4 aliphatic rings. The van der Waals surface area contributed by atoms with Crippen LogP contribution in [0.25, 0.3) is 0 Å². The van der Waals surface area contributed by atoms with Crippen molar-refractivity contribution in [1.29, 1.82) is 0 Å². The van der Waals surface area contributed by atoms with Gasteiger partial charge in [-0.1, -0.05) is 31.3 Å². The number of pyridine rings is 1. The van der Waals surface area contributed by atoms with Crippen molar-refractivity contribution < 1.29 is 9.90 Å². The van der Waals surface area contributed by atoms with E-state index in [4.69, 9.17) is 0 Å². The summed E-state index contributed by atoms with van der Waals surface area (Å²) < 4.78 is 0. The van der Waals surface area contributed by atoms with E-state index in [1.54, 1.807) is 12.4 Å². The highest BCUT2D eigenvalue weighted by atomic mass is 16.3. The van der Waals surface area contributed by atoms with Crippen LogP contribution in [0.5, 0.6) is 0 Å². The number of aromatic nitrogens is 1. The smallest absolute Gasteiger partial charge is 0.155 e. The van der Waals surface area contributed by atoms with E-state index in [1.807, 2.05) is 18.2 Å². The molecule has 29 heavy (non-hydrogen) atoms. The molecule has 0 aromatic carbocycles. The Hall–Kier alpha value is -1.92. The highest BCUT2D eigenvalue weighted by molar-refractivity contribution is 5.91. The maximum absolute atomic E-state index is 12.0. The number of nitrogens with zero attached hydrogens (tertiary/aromatic N) is 1. The topological polar surface area (TPSA) is 50.2 Å². The average molecular weight is 390 g/mol. The maximum Gasteiger partial charge on any atom is 0.155 e. The van der Waals surface area contributed by atoms with Gasteiger partial charge in [0, 0.05) is 29.8 Å². The summed E-state index contributed by atoms with van der Waals surface area (Å²) in [6.45, 7) is 4.67. The molecule has 5 rings (SSSR count). The molecule has 3 fully saturated rings. The van der Waals surface area contributed by atoms with Crippen molar-refractivity contribution in [3.63, 3.8) is 0 Å². The van der Waals surface area contributed by atoms with Gasteiger partial charge in [0.15, 0.2) is 5.78 Å². The highest BCUT2D eigenvalue weighted by Crippen LogP contribution is 2.65. The molecule has 0 amide bonds. The predicted octanol–water partition coefficient (Wildman–Crippen LogP) is 4.55. The van der Waals surface area contributed by atoms with E-state index in [0.29, 0.717) is 41.8 Å². The second-order valence-corrected chi connectivity index (χ2v) is 10.2. The summed E-state index contributed by atoms with van der Waals surface area (Å²) >= 11 is 0. The molecular weight excluding hydrogens is 358 g/mol. The van der Waals surface area contributed by atoms with Crippen molar-refractivity contribution in [2.75, 3.05) is 0 Å². The minimum atomic E-state index is -0.920. The molecule has 0 saturated heterocycles. The van der Waals surface area contributed by atoms with Crippen LogP contribution in [-0.2, 0) is 4.79 Å². The lowest BCUT2D eigenvalue weighted by atomic mass is 9.48. The van der Waals surface area contributed by atoms with Crippen LogP contribution in [0.15, 0.2) is 36.2 Å². The van der Waals surface area contributed by atoms with Crippen molar-refractivity contribution in [1.82, 2.24) is 4.98 Å².